The van der Waals surface area contributed by atoms with E-state index in [-0.39, 0.29) is 0 Å². The molecule has 0 unspecified atom stereocenters. The topological polar surface area (TPSA) is 86.9 Å². The lowest BCUT2D eigenvalue weighted by molar-refractivity contribution is 0.634. The molecule has 18 heavy (non-hydrogen) atoms. The highest BCUT2D eigenvalue weighted by Crippen LogP contribution is 2.27. The van der Waals surface area contributed by atoms with Crippen LogP contribution in [0.3, 0.4) is 0 Å². The quantitative estimate of drug-likeness (QED) is 0.752. The summed E-state index contributed by atoms with van der Waals surface area (Å²) in [6.45, 7) is 6.87. The molecular weight excluding hydrogens is 250 g/mol. The van der Waals surface area contributed by atoms with E-state index in [1.165, 1.54) is 11.3 Å². The molecule has 8 heteroatoms. The first-order chi connectivity index (χ1) is 8.61. The van der Waals surface area contributed by atoms with Gasteiger partial charge in [-0.15, -0.1) is 15.3 Å². The van der Waals surface area contributed by atoms with Crippen molar-refractivity contribution in [3.05, 3.63) is 11.4 Å². The molecule has 0 fully saturated rings. The number of fused-ring (bicyclic) bond motifs is 1. The minimum atomic E-state index is 0.485. The van der Waals surface area contributed by atoms with Crippen molar-refractivity contribution >= 4 is 21.4 Å². The van der Waals surface area contributed by atoms with Crippen LogP contribution in [-0.2, 0) is 6.54 Å². The van der Waals surface area contributed by atoms with Gasteiger partial charge < -0.3 is 5.73 Å². The predicted octanol–water partition coefficient (Wildman–Crippen LogP) is 1.27. The fourth-order valence-electron chi connectivity index (χ4n) is 2.12. The van der Waals surface area contributed by atoms with Crippen LogP contribution in [0.5, 0.6) is 0 Å². The van der Waals surface area contributed by atoms with E-state index in [1.54, 1.807) is 4.52 Å². The standard InChI is InChI=1S/C10H13N7S/c1-4-16-6(3)7(5(2)14-16)8-12-13-10-17(8)15-9(11)18-10/h4H2,1-3H3,(H2,11,15). The summed E-state index contributed by atoms with van der Waals surface area (Å²) >= 11 is 1.32. The Morgan fingerprint density at radius 3 is 2.67 bits per heavy atom. The molecule has 0 saturated carbocycles. The highest BCUT2D eigenvalue weighted by atomic mass is 32.1. The molecule has 0 aliphatic carbocycles. The highest BCUT2D eigenvalue weighted by molar-refractivity contribution is 7.20. The summed E-state index contributed by atoms with van der Waals surface area (Å²) in [6.07, 6.45) is 0. The molecule has 3 rings (SSSR count). The van der Waals surface area contributed by atoms with Crippen molar-refractivity contribution < 1.29 is 0 Å². The van der Waals surface area contributed by atoms with Gasteiger partial charge >= 0.3 is 0 Å². The molecule has 3 aromatic heterocycles. The predicted molar refractivity (Wildman–Crippen MR) is 69.4 cm³/mol. The smallest absolute Gasteiger partial charge is 0.236 e. The van der Waals surface area contributed by atoms with Gasteiger partial charge in [-0.05, 0) is 20.8 Å². The minimum Gasteiger partial charge on any atom is -0.374 e. The summed E-state index contributed by atoms with van der Waals surface area (Å²) in [4.78, 5) is 0.700. The van der Waals surface area contributed by atoms with Crippen LogP contribution in [-0.4, -0.2) is 29.6 Å². The van der Waals surface area contributed by atoms with Crippen molar-refractivity contribution in [2.75, 3.05) is 5.73 Å². The van der Waals surface area contributed by atoms with Gasteiger partial charge in [-0.2, -0.15) is 9.61 Å². The van der Waals surface area contributed by atoms with Crippen LogP contribution < -0.4 is 5.73 Å². The Bertz CT molecular complexity index is 720. The van der Waals surface area contributed by atoms with Crippen LogP contribution in [0.4, 0.5) is 5.13 Å². The van der Waals surface area contributed by atoms with E-state index in [2.05, 4.69) is 27.3 Å². The zero-order valence-corrected chi connectivity index (χ0v) is 11.2. The van der Waals surface area contributed by atoms with Gasteiger partial charge in [0, 0.05) is 12.2 Å². The van der Waals surface area contributed by atoms with Crippen molar-refractivity contribution in [1.29, 1.82) is 0 Å². The van der Waals surface area contributed by atoms with E-state index in [4.69, 9.17) is 5.73 Å². The number of nitrogen functional groups attached to an aromatic ring is 1. The molecule has 0 saturated heterocycles. The number of anilines is 1. The van der Waals surface area contributed by atoms with Gasteiger partial charge in [0.2, 0.25) is 10.1 Å². The van der Waals surface area contributed by atoms with E-state index in [0.29, 0.717) is 15.9 Å². The molecule has 7 nitrogen and oxygen atoms in total. The maximum absolute atomic E-state index is 5.69. The first-order valence-electron chi connectivity index (χ1n) is 5.64. The number of hydrogen-bond acceptors (Lipinski definition) is 6. The first-order valence-corrected chi connectivity index (χ1v) is 6.45. The SMILES string of the molecule is CCn1nc(C)c(-c2nnc3sc(N)nn23)c1C. The van der Waals surface area contributed by atoms with E-state index in [9.17, 15) is 0 Å². The number of rotatable bonds is 2. The van der Waals surface area contributed by atoms with Gasteiger partial charge in [-0.1, -0.05) is 11.3 Å². The van der Waals surface area contributed by atoms with E-state index in [0.717, 1.165) is 23.5 Å². The number of aryl methyl sites for hydroxylation is 2. The molecule has 0 bridgehead atoms. The molecule has 3 aromatic rings. The summed E-state index contributed by atoms with van der Waals surface area (Å²) in [5.41, 5.74) is 8.66. The van der Waals surface area contributed by atoms with Gasteiger partial charge in [0.1, 0.15) is 0 Å². The monoisotopic (exact) mass is 263 g/mol. The second kappa shape index (κ2) is 3.77. The second-order valence-electron chi connectivity index (χ2n) is 4.02. The van der Waals surface area contributed by atoms with Crippen molar-refractivity contribution in [2.24, 2.45) is 0 Å². The van der Waals surface area contributed by atoms with Crippen LogP contribution in [0.1, 0.15) is 18.3 Å². The Kier molecular flexibility index (Phi) is 2.34. The third kappa shape index (κ3) is 1.42. The molecule has 0 spiro atoms. The summed E-state index contributed by atoms with van der Waals surface area (Å²) < 4.78 is 3.62. The van der Waals surface area contributed by atoms with Crippen LogP contribution in [0.15, 0.2) is 0 Å². The van der Waals surface area contributed by atoms with E-state index in [1.807, 2.05) is 18.5 Å². The van der Waals surface area contributed by atoms with Gasteiger partial charge in [0.05, 0.1) is 11.3 Å². The van der Waals surface area contributed by atoms with Crippen molar-refractivity contribution in [2.45, 2.75) is 27.3 Å². The molecule has 0 aliphatic rings. The van der Waals surface area contributed by atoms with Crippen LogP contribution >= 0.6 is 11.3 Å². The molecule has 94 valence electrons. The fourth-order valence-corrected chi connectivity index (χ4v) is 2.72. The number of nitrogens with zero attached hydrogens (tertiary/aromatic N) is 6. The van der Waals surface area contributed by atoms with Gasteiger partial charge in [-0.3, -0.25) is 4.68 Å². The lowest BCUT2D eigenvalue weighted by Gasteiger charge is -1.99. The molecule has 0 atom stereocenters. The first kappa shape index (κ1) is 11.1. The number of aromatic nitrogens is 6. The van der Waals surface area contributed by atoms with Crippen LogP contribution in [0, 0.1) is 13.8 Å². The van der Waals surface area contributed by atoms with Crippen molar-refractivity contribution in [1.82, 2.24) is 29.6 Å². The zero-order valence-electron chi connectivity index (χ0n) is 10.4. The Morgan fingerprint density at radius 2 is 2.00 bits per heavy atom. The average molecular weight is 263 g/mol. The molecule has 2 N–H and O–H groups in total. The molecule has 0 aromatic carbocycles. The maximum Gasteiger partial charge on any atom is 0.236 e. The lowest BCUT2D eigenvalue weighted by atomic mass is 10.2. The second-order valence-corrected chi connectivity index (χ2v) is 5.01. The Morgan fingerprint density at radius 1 is 1.22 bits per heavy atom. The molecule has 3 heterocycles. The third-order valence-corrected chi connectivity index (χ3v) is 3.64. The summed E-state index contributed by atoms with van der Waals surface area (Å²) in [6, 6.07) is 0. The van der Waals surface area contributed by atoms with Gasteiger partial charge in [0.25, 0.3) is 0 Å². The maximum atomic E-state index is 5.69. The highest BCUT2D eigenvalue weighted by Gasteiger charge is 2.20. The molecular formula is C10H13N7S. The Balaban J connectivity index is 2.28. The van der Waals surface area contributed by atoms with E-state index >= 15 is 0 Å². The molecule has 0 radical (unpaired) electrons. The third-order valence-electron chi connectivity index (χ3n) is 2.91. The minimum absolute atomic E-state index is 0.485. The van der Waals surface area contributed by atoms with Gasteiger partial charge in [0.15, 0.2) is 5.82 Å². The zero-order chi connectivity index (χ0) is 12.9. The van der Waals surface area contributed by atoms with Gasteiger partial charge in [-0.25, -0.2) is 0 Å². The fraction of sp³-hybridized carbons (Fsp3) is 0.400. The van der Waals surface area contributed by atoms with Crippen LogP contribution in [0.25, 0.3) is 16.3 Å². The largest absolute Gasteiger partial charge is 0.374 e. The van der Waals surface area contributed by atoms with Crippen LogP contribution in [0.2, 0.25) is 0 Å². The normalized spacial score (nSPS) is 11.5. The number of hydrogen-bond donors (Lipinski definition) is 1. The average Bonchev–Trinajstić information content (AvgIpc) is 2.93. The van der Waals surface area contributed by atoms with E-state index < -0.39 is 0 Å². The number of nitrogens with two attached hydrogens (primary N) is 1. The summed E-state index contributed by atoms with van der Waals surface area (Å²) in [5, 5.41) is 17.5. The van der Waals surface area contributed by atoms with Crippen molar-refractivity contribution in [3.8, 4) is 11.4 Å². The molecule has 0 amide bonds. The summed E-state index contributed by atoms with van der Waals surface area (Å²) in [7, 11) is 0. The summed E-state index contributed by atoms with van der Waals surface area (Å²) in [5.74, 6) is 0.702. The molecule has 0 aliphatic heterocycles. The van der Waals surface area contributed by atoms with Crippen molar-refractivity contribution in [3.63, 3.8) is 0 Å². The Hall–Kier alpha value is -1.96. The lowest BCUT2D eigenvalue weighted by Crippen LogP contribution is -1.99. The Labute approximate surface area is 107 Å².